The fourth-order valence-corrected chi connectivity index (χ4v) is 9.36. The molecule has 0 bridgehead atoms. The number of fused-ring (bicyclic) bond motifs is 4. The molecule has 49 heavy (non-hydrogen) atoms. The summed E-state index contributed by atoms with van der Waals surface area (Å²) in [5.41, 5.74) is 3.23. The van der Waals surface area contributed by atoms with Gasteiger partial charge in [-0.15, -0.1) is 23.2 Å². The van der Waals surface area contributed by atoms with Crippen LogP contribution >= 0.6 is 39.1 Å². The molecule has 0 spiro atoms. The Bertz CT molecular complexity index is 1950. The highest BCUT2D eigenvalue weighted by Crippen LogP contribution is 2.65. The minimum Gasteiger partial charge on any atom is -0.508 e. The van der Waals surface area contributed by atoms with Gasteiger partial charge in [-0.3, -0.25) is 29.0 Å². The number of ether oxygens (including phenoxy) is 2. The zero-order chi connectivity index (χ0) is 34.8. The lowest BCUT2D eigenvalue weighted by atomic mass is 9.56. The van der Waals surface area contributed by atoms with Crippen LogP contribution in [0.2, 0.25) is 0 Å². The lowest BCUT2D eigenvalue weighted by molar-refractivity contribution is -0.138. The second-order valence-electron chi connectivity index (χ2n) is 12.6. The van der Waals surface area contributed by atoms with Gasteiger partial charge in [0.25, 0.3) is 11.8 Å². The number of aromatic hydroxyl groups is 1. The third-order valence-corrected chi connectivity index (χ3v) is 12.2. The average molecular weight is 766 g/mol. The lowest BCUT2D eigenvalue weighted by Crippen LogP contribution is -2.60. The molecular formula is C37H31BrCl2N2O7. The maximum absolute atomic E-state index is 14.3. The largest absolute Gasteiger partial charge is 0.508 e. The van der Waals surface area contributed by atoms with Crippen molar-refractivity contribution in [3.8, 4) is 17.2 Å². The first-order chi connectivity index (χ1) is 23.5. The molecule has 252 valence electrons. The van der Waals surface area contributed by atoms with E-state index < -0.39 is 51.1 Å². The molecule has 3 fully saturated rings. The summed E-state index contributed by atoms with van der Waals surface area (Å²) in [6.45, 7) is 0. The highest BCUT2D eigenvalue weighted by molar-refractivity contribution is 9.09. The molecular weight excluding hydrogens is 735 g/mol. The van der Waals surface area contributed by atoms with E-state index in [9.17, 15) is 24.3 Å². The van der Waals surface area contributed by atoms with Crippen molar-refractivity contribution in [2.24, 2.45) is 17.8 Å². The van der Waals surface area contributed by atoms with Crippen LogP contribution in [0.25, 0.3) is 12.2 Å². The van der Waals surface area contributed by atoms with Crippen LogP contribution in [-0.2, 0) is 19.2 Å². The van der Waals surface area contributed by atoms with Gasteiger partial charge in [-0.2, -0.15) is 0 Å². The number of hydrogen-bond acceptors (Lipinski definition) is 7. The van der Waals surface area contributed by atoms with E-state index in [1.807, 2.05) is 48.6 Å². The predicted octanol–water partition coefficient (Wildman–Crippen LogP) is 6.50. The Kier molecular flexibility index (Phi) is 8.40. The van der Waals surface area contributed by atoms with Crippen LogP contribution in [0.3, 0.4) is 0 Å². The second kappa shape index (κ2) is 12.3. The van der Waals surface area contributed by atoms with Crippen LogP contribution in [-0.4, -0.2) is 63.1 Å². The van der Waals surface area contributed by atoms with E-state index in [-0.39, 0.29) is 30.0 Å². The van der Waals surface area contributed by atoms with Crippen LogP contribution < -0.4 is 14.4 Å². The van der Waals surface area contributed by atoms with Gasteiger partial charge < -0.3 is 14.6 Å². The predicted molar refractivity (Wildman–Crippen MR) is 189 cm³/mol. The maximum atomic E-state index is 14.3. The Morgan fingerprint density at radius 2 is 1.61 bits per heavy atom. The fourth-order valence-electron chi connectivity index (χ4n) is 7.94. The summed E-state index contributed by atoms with van der Waals surface area (Å²) in [6.07, 6.45) is 5.82. The first-order valence-corrected chi connectivity index (χ1v) is 17.5. The number of phenols is 1. The van der Waals surface area contributed by atoms with Gasteiger partial charge in [0.2, 0.25) is 11.8 Å². The number of imide groups is 2. The van der Waals surface area contributed by atoms with Gasteiger partial charge in [-0.25, -0.2) is 0 Å². The molecule has 2 aliphatic carbocycles. The van der Waals surface area contributed by atoms with Gasteiger partial charge in [0.15, 0.2) is 9.75 Å². The van der Waals surface area contributed by atoms with Gasteiger partial charge in [0.05, 0.1) is 37.2 Å². The lowest BCUT2D eigenvalue weighted by Gasteiger charge is -2.50. The normalized spacial score (nSPS) is 29.2. The number of anilines is 1. The van der Waals surface area contributed by atoms with Crippen LogP contribution in [0.1, 0.15) is 35.4 Å². The molecule has 12 heteroatoms. The molecule has 4 aliphatic rings. The molecule has 1 saturated carbocycles. The number of likely N-dealkylation sites (tertiary alicyclic amines) is 1. The highest BCUT2D eigenvalue weighted by Gasteiger charge is 2.76. The summed E-state index contributed by atoms with van der Waals surface area (Å²) in [4.78, 5) is 54.4. The molecule has 0 aromatic heterocycles. The molecule has 6 unspecified atom stereocenters. The molecule has 3 aromatic carbocycles. The summed E-state index contributed by atoms with van der Waals surface area (Å²) in [5, 5.41) is 10.0. The van der Waals surface area contributed by atoms with E-state index in [1.54, 1.807) is 38.5 Å². The topological polar surface area (TPSA) is 113 Å². The number of hydrogen-bond donors (Lipinski definition) is 1. The van der Waals surface area contributed by atoms with Crippen molar-refractivity contribution < 1.29 is 33.8 Å². The number of carbonyl (C=O) groups excluding carboxylic acids is 4. The summed E-state index contributed by atoms with van der Waals surface area (Å²) in [6, 6.07) is 18.8. The number of methoxy groups -OCH3 is 2. The molecule has 3 aromatic rings. The summed E-state index contributed by atoms with van der Waals surface area (Å²) in [7, 11) is 3.19. The molecule has 4 amide bonds. The van der Waals surface area contributed by atoms with E-state index in [1.165, 1.54) is 17.0 Å². The third-order valence-electron chi connectivity index (χ3n) is 10.3. The number of alkyl halides is 3. The van der Waals surface area contributed by atoms with Crippen molar-refractivity contribution in [2.75, 3.05) is 24.6 Å². The molecule has 1 N–H and O–H groups in total. The Morgan fingerprint density at radius 1 is 0.898 bits per heavy atom. The van der Waals surface area contributed by atoms with Crippen molar-refractivity contribution in [3.63, 3.8) is 0 Å². The summed E-state index contributed by atoms with van der Waals surface area (Å²) in [5.74, 6) is -3.66. The van der Waals surface area contributed by atoms with Gasteiger partial charge >= 0.3 is 0 Å². The van der Waals surface area contributed by atoms with E-state index in [0.29, 0.717) is 28.3 Å². The molecule has 2 aliphatic heterocycles. The van der Waals surface area contributed by atoms with Crippen LogP contribution in [0, 0.1) is 17.8 Å². The first-order valence-electron chi connectivity index (χ1n) is 15.7. The van der Waals surface area contributed by atoms with Crippen molar-refractivity contribution >= 4 is 80.6 Å². The van der Waals surface area contributed by atoms with Gasteiger partial charge in [0.1, 0.15) is 17.2 Å². The second-order valence-corrected chi connectivity index (χ2v) is 14.4. The minimum atomic E-state index is -1.89. The molecule has 6 atom stereocenters. The summed E-state index contributed by atoms with van der Waals surface area (Å²) < 4.78 is 10.8. The molecule has 9 nitrogen and oxygen atoms in total. The zero-order valence-corrected chi connectivity index (χ0v) is 29.5. The number of benzene rings is 3. The standard InChI is InChI=1S/C37H31BrCl2N2O7/c1-48-25-13-16-29(49-2)22(17-25)6-3-20-4-9-23(10-5-20)42-32(44)27-15-14-26-28(30(27)33(42)45)18-36(39)34(46)41(19-38)35(47)37(36,40)31(26)21-7-11-24(43)12-8-21/h3-14,16-17,27-28,30-31,43H,15,18-19H2,1-2H3. The van der Waals surface area contributed by atoms with Crippen LogP contribution in [0.4, 0.5) is 5.69 Å². The van der Waals surface area contributed by atoms with Gasteiger partial charge in [-0.1, -0.05) is 64.0 Å². The fraction of sp³-hybridized carbons (Fsp3) is 0.297. The Balaban J connectivity index is 1.22. The van der Waals surface area contributed by atoms with Gasteiger partial charge in [0, 0.05) is 11.5 Å². The van der Waals surface area contributed by atoms with E-state index in [2.05, 4.69) is 15.9 Å². The maximum Gasteiger partial charge on any atom is 0.254 e. The Hall–Kier alpha value is -4.12. The van der Waals surface area contributed by atoms with Crippen molar-refractivity contribution in [3.05, 3.63) is 95.1 Å². The zero-order valence-electron chi connectivity index (χ0n) is 26.4. The van der Waals surface area contributed by atoms with Gasteiger partial charge in [-0.05, 0) is 72.4 Å². The number of carbonyl (C=O) groups is 4. The highest BCUT2D eigenvalue weighted by atomic mass is 79.9. The van der Waals surface area contributed by atoms with E-state index in [0.717, 1.165) is 16.0 Å². The number of allylic oxidation sites excluding steroid dienone is 2. The number of amides is 4. The summed E-state index contributed by atoms with van der Waals surface area (Å²) >= 11 is 17.7. The number of phenolic OH excluding ortho intramolecular Hbond substituents is 1. The minimum absolute atomic E-state index is 0.0132. The van der Waals surface area contributed by atoms with Crippen molar-refractivity contribution in [2.45, 2.75) is 28.5 Å². The van der Waals surface area contributed by atoms with Crippen molar-refractivity contribution in [1.29, 1.82) is 0 Å². The van der Waals surface area contributed by atoms with Crippen molar-refractivity contribution in [1.82, 2.24) is 4.90 Å². The Labute approximate surface area is 301 Å². The van der Waals surface area contributed by atoms with Crippen LogP contribution in [0.15, 0.2) is 78.4 Å². The Morgan fingerprint density at radius 3 is 2.27 bits per heavy atom. The SMILES string of the molecule is COc1ccc(OC)c(C=Cc2ccc(N3C(=O)C4CC=C5C(CC6(Cl)C(=O)N(CBr)C(=O)C6(Cl)C5c5ccc(O)cc5)C4C3=O)cc2)c1. The third kappa shape index (κ3) is 4.94. The smallest absolute Gasteiger partial charge is 0.254 e. The number of nitrogens with zero attached hydrogens (tertiary/aromatic N) is 2. The number of halogens is 3. The average Bonchev–Trinajstić information content (AvgIpc) is 3.45. The quantitative estimate of drug-likeness (QED) is 0.0962. The number of rotatable bonds is 7. The monoisotopic (exact) mass is 764 g/mol. The molecule has 2 heterocycles. The molecule has 7 rings (SSSR count). The first kappa shape index (κ1) is 33.4. The molecule has 2 saturated heterocycles. The van der Waals surface area contributed by atoms with E-state index in [4.69, 9.17) is 32.7 Å². The van der Waals surface area contributed by atoms with Crippen LogP contribution in [0.5, 0.6) is 17.2 Å². The van der Waals surface area contributed by atoms with E-state index >= 15 is 0 Å². The molecule has 0 radical (unpaired) electrons.